The first-order valence-corrected chi connectivity index (χ1v) is 11.6. The van der Waals surface area contributed by atoms with Gasteiger partial charge in [0.1, 0.15) is 6.10 Å². The van der Waals surface area contributed by atoms with Crippen molar-refractivity contribution in [1.82, 2.24) is 0 Å². The summed E-state index contributed by atoms with van der Waals surface area (Å²) in [5.41, 5.74) is 0.346. The van der Waals surface area contributed by atoms with Gasteiger partial charge in [-0.2, -0.15) is 0 Å². The Hall–Kier alpha value is -1.65. The van der Waals surface area contributed by atoms with Gasteiger partial charge in [-0.3, -0.25) is 14.4 Å². The van der Waals surface area contributed by atoms with E-state index in [1.165, 1.54) is 19.4 Å². The summed E-state index contributed by atoms with van der Waals surface area (Å²) in [5.74, 6) is 0.939. The zero-order chi connectivity index (χ0) is 21.9. The van der Waals surface area contributed by atoms with E-state index in [2.05, 4.69) is 19.9 Å². The molecule has 5 nitrogen and oxygen atoms in total. The van der Waals surface area contributed by atoms with Crippen molar-refractivity contribution in [2.45, 2.75) is 97.7 Å². The van der Waals surface area contributed by atoms with Crippen LogP contribution in [-0.4, -0.2) is 29.4 Å². The maximum atomic E-state index is 12.8. The highest BCUT2D eigenvalue weighted by atomic mass is 16.6. The predicted molar refractivity (Wildman–Crippen MR) is 112 cm³/mol. The lowest BCUT2D eigenvalue weighted by Gasteiger charge is -2.59. The maximum Gasteiger partial charge on any atom is 0.303 e. The van der Waals surface area contributed by atoms with Crippen LogP contribution in [0.15, 0.2) is 11.6 Å². The van der Waals surface area contributed by atoms with Crippen LogP contribution in [-0.2, 0) is 23.9 Å². The Balaban J connectivity index is 1.63. The Morgan fingerprint density at radius 2 is 1.63 bits per heavy atom. The number of carbonyl (C=O) groups excluding carboxylic acids is 3. The van der Waals surface area contributed by atoms with Gasteiger partial charge in [-0.15, -0.1) is 0 Å². The third kappa shape index (κ3) is 2.98. The molecule has 166 valence electrons. The van der Waals surface area contributed by atoms with Crippen molar-refractivity contribution >= 4 is 17.7 Å². The summed E-state index contributed by atoms with van der Waals surface area (Å²) in [7, 11) is 0. The summed E-state index contributed by atoms with van der Waals surface area (Å²) >= 11 is 0. The van der Waals surface area contributed by atoms with Crippen molar-refractivity contribution in [3.8, 4) is 0 Å². The molecule has 0 saturated heterocycles. The molecule has 3 saturated carbocycles. The summed E-state index contributed by atoms with van der Waals surface area (Å²) in [6.07, 6.45) is 9.81. The Morgan fingerprint density at radius 3 is 2.27 bits per heavy atom. The molecule has 5 heteroatoms. The van der Waals surface area contributed by atoms with Gasteiger partial charge < -0.3 is 9.47 Å². The molecule has 0 amide bonds. The van der Waals surface area contributed by atoms with Gasteiger partial charge in [-0.1, -0.05) is 25.5 Å². The zero-order valence-corrected chi connectivity index (χ0v) is 19.1. The first-order valence-electron chi connectivity index (χ1n) is 11.6. The number of ether oxygens (including phenoxy) is 2. The summed E-state index contributed by atoms with van der Waals surface area (Å²) < 4.78 is 11.4. The fourth-order valence-electron chi connectivity index (χ4n) is 8.02. The van der Waals surface area contributed by atoms with Crippen LogP contribution >= 0.6 is 0 Å². The summed E-state index contributed by atoms with van der Waals surface area (Å²) in [6.45, 7) is 9.11. The molecule has 0 radical (unpaired) electrons. The molecule has 30 heavy (non-hydrogen) atoms. The first kappa shape index (κ1) is 21.6. The van der Waals surface area contributed by atoms with Crippen molar-refractivity contribution in [1.29, 1.82) is 0 Å². The van der Waals surface area contributed by atoms with Crippen LogP contribution in [0.3, 0.4) is 0 Å². The number of carbonyl (C=O) groups is 3. The highest BCUT2D eigenvalue weighted by Crippen LogP contribution is 2.68. The van der Waals surface area contributed by atoms with E-state index in [9.17, 15) is 14.4 Å². The second kappa shape index (κ2) is 7.20. The number of hydrogen-bond donors (Lipinski definition) is 0. The van der Waals surface area contributed by atoms with Gasteiger partial charge in [0, 0.05) is 25.7 Å². The van der Waals surface area contributed by atoms with Crippen molar-refractivity contribution < 1.29 is 23.9 Å². The fraction of sp³-hybridized carbons (Fsp3) is 0.800. The monoisotopic (exact) mass is 416 g/mol. The molecule has 0 unspecified atom stereocenters. The second-order valence-corrected chi connectivity index (χ2v) is 10.7. The van der Waals surface area contributed by atoms with Crippen LogP contribution in [0.5, 0.6) is 0 Å². The van der Waals surface area contributed by atoms with Gasteiger partial charge in [0.15, 0.2) is 11.4 Å². The Labute approximate surface area is 179 Å². The molecule has 0 bridgehead atoms. The molecule has 4 aliphatic carbocycles. The molecule has 7 atom stereocenters. The molecule has 0 heterocycles. The topological polar surface area (TPSA) is 69.7 Å². The lowest BCUT2D eigenvalue weighted by Crippen LogP contribution is -2.58. The summed E-state index contributed by atoms with van der Waals surface area (Å²) in [6, 6.07) is 0. The second-order valence-electron chi connectivity index (χ2n) is 10.7. The largest absolute Gasteiger partial charge is 0.462 e. The molecule has 0 aliphatic heterocycles. The summed E-state index contributed by atoms with van der Waals surface area (Å²) in [5, 5.41) is 0. The number of rotatable bonds is 3. The van der Waals surface area contributed by atoms with Gasteiger partial charge in [0.05, 0.1) is 0 Å². The third-order valence-electron chi connectivity index (χ3n) is 9.40. The van der Waals surface area contributed by atoms with E-state index < -0.39 is 5.60 Å². The molecular weight excluding hydrogens is 380 g/mol. The molecule has 4 aliphatic rings. The molecule has 3 fully saturated rings. The molecule has 0 N–H and O–H groups in total. The van der Waals surface area contributed by atoms with Gasteiger partial charge in [0.25, 0.3) is 0 Å². The summed E-state index contributed by atoms with van der Waals surface area (Å²) in [4.78, 5) is 36.2. The smallest absolute Gasteiger partial charge is 0.303 e. The lowest BCUT2D eigenvalue weighted by molar-refractivity contribution is -0.186. The number of allylic oxidation sites excluding steroid dienone is 1. The molecule has 4 rings (SSSR count). The van der Waals surface area contributed by atoms with Gasteiger partial charge in [-0.25, -0.2) is 0 Å². The van der Waals surface area contributed by atoms with Crippen LogP contribution in [0.2, 0.25) is 0 Å². The van der Waals surface area contributed by atoms with E-state index in [-0.39, 0.29) is 34.7 Å². The Kier molecular flexibility index (Phi) is 5.18. The van der Waals surface area contributed by atoms with E-state index in [0.29, 0.717) is 24.2 Å². The predicted octanol–water partition coefficient (Wildman–Crippen LogP) is 4.77. The SMILES string of the molecule is CC(=O)O[C@H]1CC[C@]2(C)C(=CC[C@H]3[C@@H]4CC[C@](OC(C)=O)(C(C)=O)[C@@]4(C)CC[C@@H]32)C1. The average Bonchev–Trinajstić information content (AvgIpc) is 2.94. The number of ketones is 1. The average molecular weight is 417 g/mol. The number of fused-ring (bicyclic) bond motifs is 5. The lowest BCUT2D eigenvalue weighted by atomic mass is 9.46. The van der Waals surface area contributed by atoms with Crippen LogP contribution in [0.1, 0.15) is 86.0 Å². The van der Waals surface area contributed by atoms with E-state index in [0.717, 1.165) is 44.9 Å². The molecular formula is C25H36O5. The van der Waals surface area contributed by atoms with Crippen LogP contribution in [0.25, 0.3) is 0 Å². The number of esters is 2. The third-order valence-corrected chi connectivity index (χ3v) is 9.40. The standard InChI is InChI=1S/C25H36O5/c1-15(26)25(30-17(3)28)13-10-22-20-7-6-18-14-19(29-16(2)27)8-11-23(18,4)21(20)9-12-24(22,25)5/h6,19-22H,7-14H2,1-5H3/t19-,20+,21-,22-,23+,24-,25-/m0/s1. The van der Waals surface area contributed by atoms with Gasteiger partial charge in [-0.05, 0) is 75.0 Å². The van der Waals surface area contributed by atoms with Crippen molar-refractivity contribution in [3.63, 3.8) is 0 Å². The minimum absolute atomic E-state index is 0.00120. The molecule has 0 spiro atoms. The minimum Gasteiger partial charge on any atom is -0.462 e. The molecule has 0 aromatic carbocycles. The first-order chi connectivity index (χ1) is 14.0. The van der Waals surface area contributed by atoms with Crippen LogP contribution < -0.4 is 0 Å². The van der Waals surface area contributed by atoms with Crippen molar-refractivity contribution in [2.75, 3.05) is 0 Å². The number of Topliss-reactive ketones (excluding diaryl/α,β-unsaturated/α-hetero) is 1. The van der Waals surface area contributed by atoms with Crippen LogP contribution in [0.4, 0.5) is 0 Å². The van der Waals surface area contributed by atoms with Crippen molar-refractivity contribution in [2.24, 2.45) is 28.6 Å². The Bertz CT molecular complexity index is 799. The fourth-order valence-corrected chi connectivity index (χ4v) is 8.02. The molecule has 0 aromatic heterocycles. The Morgan fingerprint density at radius 1 is 0.933 bits per heavy atom. The highest BCUT2D eigenvalue weighted by molar-refractivity contribution is 5.89. The van der Waals surface area contributed by atoms with E-state index >= 15 is 0 Å². The van der Waals surface area contributed by atoms with Crippen LogP contribution in [0, 0.1) is 28.6 Å². The normalized spacial score (nSPS) is 44.8. The van der Waals surface area contributed by atoms with E-state index in [1.54, 1.807) is 6.92 Å². The quantitative estimate of drug-likeness (QED) is 0.489. The maximum absolute atomic E-state index is 12.8. The van der Waals surface area contributed by atoms with Gasteiger partial charge >= 0.3 is 11.9 Å². The minimum atomic E-state index is -0.966. The van der Waals surface area contributed by atoms with E-state index in [4.69, 9.17) is 9.47 Å². The molecule has 0 aromatic rings. The highest BCUT2D eigenvalue weighted by Gasteiger charge is 2.67. The van der Waals surface area contributed by atoms with Crippen molar-refractivity contribution in [3.05, 3.63) is 11.6 Å². The number of hydrogen-bond acceptors (Lipinski definition) is 5. The zero-order valence-electron chi connectivity index (χ0n) is 19.1. The van der Waals surface area contributed by atoms with E-state index in [1.807, 2.05) is 0 Å². The van der Waals surface area contributed by atoms with Gasteiger partial charge in [0.2, 0.25) is 0 Å².